The monoisotopic (exact) mass is 682 g/mol. The first kappa shape index (κ1) is 47.4. The van der Waals surface area contributed by atoms with E-state index in [9.17, 15) is 15.0 Å². The van der Waals surface area contributed by atoms with Crippen LogP contribution < -0.4 is 5.73 Å². The lowest BCUT2D eigenvalue weighted by Gasteiger charge is -2.32. The van der Waals surface area contributed by atoms with Crippen molar-refractivity contribution < 1.29 is 19.7 Å². The van der Waals surface area contributed by atoms with Crippen LogP contribution in [0.15, 0.2) is 0 Å². The maximum Gasteiger partial charge on any atom is 0.217 e. The molecule has 0 aromatic rings. The third-order valence-corrected chi connectivity index (χ3v) is 10.5. The van der Waals surface area contributed by atoms with E-state index in [-0.39, 0.29) is 24.2 Å². The summed E-state index contributed by atoms with van der Waals surface area (Å²) >= 11 is 0. The number of hydrogen-bond acceptors (Lipinski definition) is 4. The Hall–Kier alpha value is -0.650. The summed E-state index contributed by atoms with van der Waals surface area (Å²) < 4.78 is 5.73. The van der Waals surface area contributed by atoms with Gasteiger partial charge in [-0.25, -0.2) is 0 Å². The Balaban J connectivity index is 0.000000977. The Labute approximate surface area is 300 Å². The summed E-state index contributed by atoms with van der Waals surface area (Å²) in [5.74, 6) is 0.279. The fourth-order valence-corrected chi connectivity index (χ4v) is 7.18. The second-order valence-electron chi connectivity index (χ2n) is 15.5. The Bertz CT molecular complexity index is 644. The number of aliphatic hydroxyl groups is 2. The maximum absolute atomic E-state index is 10.6. The number of ether oxygens (including phenoxy) is 1. The van der Waals surface area contributed by atoms with Crippen molar-refractivity contribution in [2.24, 2.45) is 11.7 Å². The Morgan fingerprint density at radius 2 is 0.958 bits per heavy atom. The normalized spacial score (nSPS) is 18.4. The third kappa shape index (κ3) is 35.2. The molecule has 0 aliphatic carbocycles. The molecule has 0 bridgehead atoms. The standard InChI is InChI=1S/C25H50O3.C18H37NO/c1-3-4-5-6-7-8-9-10-11-12-13-14-15-17-23(26)18-16-19-25-22(2)20-24(27)21-28-25;1-2-3-4-5-6-7-8-9-10-11-12-13-14-15-16-17-18(19)20/h22-27H,3-21H2,1-2H3;2-17H2,1H3,(H2,19,20). The molecule has 1 amide bonds. The van der Waals surface area contributed by atoms with Crippen LogP contribution >= 0.6 is 0 Å². The number of amides is 1. The predicted octanol–water partition coefficient (Wildman–Crippen LogP) is 12.5. The van der Waals surface area contributed by atoms with Gasteiger partial charge >= 0.3 is 0 Å². The van der Waals surface area contributed by atoms with Crippen molar-refractivity contribution in [3.63, 3.8) is 0 Å². The molecule has 4 unspecified atom stereocenters. The molecule has 0 saturated carbocycles. The highest BCUT2D eigenvalue weighted by Gasteiger charge is 2.26. The smallest absolute Gasteiger partial charge is 0.217 e. The average Bonchev–Trinajstić information content (AvgIpc) is 3.06. The minimum Gasteiger partial charge on any atom is -0.393 e. The van der Waals surface area contributed by atoms with Crippen LogP contribution in [0.25, 0.3) is 0 Å². The van der Waals surface area contributed by atoms with Gasteiger partial charge in [-0.2, -0.15) is 0 Å². The number of rotatable bonds is 34. The first-order valence-electron chi connectivity index (χ1n) is 21.7. The summed E-state index contributed by atoms with van der Waals surface area (Å²) in [4.78, 5) is 10.6. The molecule has 288 valence electrons. The first-order valence-corrected chi connectivity index (χ1v) is 21.7. The van der Waals surface area contributed by atoms with Gasteiger partial charge in [-0.15, -0.1) is 0 Å². The fourth-order valence-electron chi connectivity index (χ4n) is 7.18. The molecule has 4 atom stereocenters. The van der Waals surface area contributed by atoms with E-state index in [0.29, 0.717) is 18.9 Å². The Kier molecular flexibility index (Phi) is 37.1. The van der Waals surface area contributed by atoms with Crippen LogP contribution in [-0.4, -0.2) is 41.0 Å². The number of carbonyl (C=O) groups excluding carboxylic acids is 1. The minimum absolute atomic E-state index is 0.141. The van der Waals surface area contributed by atoms with Gasteiger partial charge in [0.15, 0.2) is 0 Å². The lowest BCUT2D eigenvalue weighted by Crippen LogP contribution is -2.35. The lowest BCUT2D eigenvalue weighted by molar-refractivity contribution is -0.118. The van der Waals surface area contributed by atoms with Crippen LogP contribution in [0.3, 0.4) is 0 Å². The van der Waals surface area contributed by atoms with E-state index in [4.69, 9.17) is 10.5 Å². The van der Waals surface area contributed by atoms with Gasteiger partial charge in [0.05, 0.1) is 24.9 Å². The number of unbranched alkanes of at least 4 members (excludes halogenated alkanes) is 26. The third-order valence-electron chi connectivity index (χ3n) is 10.5. The topological polar surface area (TPSA) is 92.8 Å². The summed E-state index contributed by atoms with van der Waals surface area (Å²) in [6.07, 6.45) is 43.3. The molecule has 0 aromatic carbocycles. The molecule has 5 nitrogen and oxygen atoms in total. The van der Waals surface area contributed by atoms with E-state index >= 15 is 0 Å². The van der Waals surface area contributed by atoms with Crippen molar-refractivity contribution in [3.8, 4) is 0 Å². The molecule has 5 heteroatoms. The lowest BCUT2D eigenvalue weighted by atomic mass is 9.91. The molecule has 1 aliphatic rings. The highest BCUT2D eigenvalue weighted by Crippen LogP contribution is 2.25. The summed E-state index contributed by atoms with van der Waals surface area (Å²) in [6, 6.07) is 0. The molecule has 1 saturated heterocycles. The van der Waals surface area contributed by atoms with Crippen molar-refractivity contribution in [1.29, 1.82) is 0 Å². The van der Waals surface area contributed by atoms with Crippen LogP contribution in [0.5, 0.6) is 0 Å². The molecule has 4 N–H and O–H groups in total. The number of aliphatic hydroxyl groups excluding tert-OH is 2. The van der Waals surface area contributed by atoms with Gasteiger partial charge in [0.2, 0.25) is 5.91 Å². The summed E-state index contributed by atoms with van der Waals surface area (Å²) in [7, 11) is 0. The van der Waals surface area contributed by atoms with Crippen LogP contribution in [0, 0.1) is 5.92 Å². The summed E-state index contributed by atoms with van der Waals surface area (Å²) in [6.45, 7) is 7.20. The highest BCUT2D eigenvalue weighted by molar-refractivity contribution is 5.73. The van der Waals surface area contributed by atoms with E-state index in [2.05, 4.69) is 20.8 Å². The van der Waals surface area contributed by atoms with Crippen molar-refractivity contribution in [2.45, 2.75) is 257 Å². The van der Waals surface area contributed by atoms with Gasteiger partial charge in [-0.3, -0.25) is 4.79 Å². The van der Waals surface area contributed by atoms with E-state index in [1.807, 2.05) is 0 Å². The zero-order chi connectivity index (χ0) is 35.3. The molecule has 1 heterocycles. The van der Waals surface area contributed by atoms with Crippen LogP contribution in [-0.2, 0) is 9.53 Å². The van der Waals surface area contributed by atoms with Crippen molar-refractivity contribution in [3.05, 3.63) is 0 Å². The van der Waals surface area contributed by atoms with Crippen molar-refractivity contribution >= 4 is 5.91 Å². The summed E-state index contributed by atoms with van der Waals surface area (Å²) in [5, 5.41) is 19.8. The molecule has 0 aromatic heterocycles. The molecule has 1 aliphatic heterocycles. The highest BCUT2D eigenvalue weighted by atomic mass is 16.5. The van der Waals surface area contributed by atoms with Gasteiger partial charge in [0, 0.05) is 6.42 Å². The van der Waals surface area contributed by atoms with E-state index < -0.39 is 0 Å². The average molecular weight is 682 g/mol. The van der Waals surface area contributed by atoms with Crippen LogP contribution in [0.2, 0.25) is 0 Å². The zero-order valence-electron chi connectivity index (χ0n) is 32.8. The number of primary amides is 1. The van der Waals surface area contributed by atoms with Gasteiger partial charge in [-0.1, -0.05) is 194 Å². The molecular weight excluding hydrogens is 594 g/mol. The quantitative estimate of drug-likeness (QED) is 0.0589. The fraction of sp³-hybridized carbons (Fsp3) is 0.977. The number of hydrogen-bond donors (Lipinski definition) is 3. The predicted molar refractivity (Wildman–Crippen MR) is 208 cm³/mol. The van der Waals surface area contributed by atoms with Crippen molar-refractivity contribution in [1.82, 2.24) is 0 Å². The first-order chi connectivity index (χ1) is 23.4. The molecular formula is C43H87NO4. The SMILES string of the molecule is CCCCCCCCCCCCCCCC(O)CCCC1OCC(O)CC1C.CCCCCCCCCCCCCCCCCC(N)=O. The second kappa shape index (κ2) is 37.6. The Morgan fingerprint density at radius 3 is 1.33 bits per heavy atom. The Morgan fingerprint density at radius 1 is 0.604 bits per heavy atom. The van der Waals surface area contributed by atoms with E-state index in [0.717, 1.165) is 38.5 Å². The van der Waals surface area contributed by atoms with Crippen molar-refractivity contribution in [2.75, 3.05) is 6.61 Å². The largest absolute Gasteiger partial charge is 0.393 e. The summed E-state index contributed by atoms with van der Waals surface area (Å²) in [5.41, 5.74) is 5.11. The van der Waals surface area contributed by atoms with Crippen LogP contribution in [0.4, 0.5) is 0 Å². The minimum atomic E-state index is -0.285. The number of carbonyl (C=O) groups is 1. The second-order valence-corrected chi connectivity index (χ2v) is 15.5. The molecule has 0 radical (unpaired) electrons. The molecule has 48 heavy (non-hydrogen) atoms. The van der Waals surface area contributed by atoms with Gasteiger partial charge < -0.3 is 20.7 Å². The maximum atomic E-state index is 10.6. The van der Waals surface area contributed by atoms with Gasteiger partial charge in [0.1, 0.15) is 0 Å². The molecule has 0 spiro atoms. The van der Waals surface area contributed by atoms with Crippen LogP contribution in [0.1, 0.15) is 239 Å². The van der Waals surface area contributed by atoms with E-state index in [1.54, 1.807) is 0 Å². The molecule has 1 rings (SSSR count). The van der Waals surface area contributed by atoms with E-state index in [1.165, 1.54) is 173 Å². The molecule has 1 fully saturated rings. The van der Waals surface area contributed by atoms with Gasteiger partial charge in [-0.05, 0) is 44.4 Å². The zero-order valence-corrected chi connectivity index (χ0v) is 32.8. The van der Waals surface area contributed by atoms with Gasteiger partial charge in [0.25, 0.3) is 0 Å². The number of nitrogens with two attached hydrogens (primary N) is 1.